The van der Waals surface area contributed by atoms with E-state index in [1.165, 1.54) is 0 Å². The number of amides is 2. The van der Waals surface area contributed by atoms with Gasteiger partial charge in [-0.05, 0) is 42.7 Å². The number of anilines is 1. The van der Waals surface area contributed by atoms with E-state index < -0.39 is 30.4 Å². The number of hydrogen-bond acceptors (Lipinski definition) is 6. The minimum absolute atomic E-state index is 0.221. The summed E-state index contributed by atoms with van der Waals surface area (Å²) < 4.78 is 10.5. The molecule has 8 heteroatoms. The average molecular weight is 416 g/mol. The fourth-order valence-electron chi connectivity index (χ4n) is 2.34. The van der Waals surface area contributed by atoms with Crippen molar-refractivity contribution in [2.24, 2.45) is 0 Å². The van der Waals surface area contributed by atoms with Crippen molar-refractivity contribution in [3.63, 3.8) is 0 Å². The molecule has 154 valence electrons. The van der Waals surface area contributed by atoms with E-state index >= 15 is 0 Å². The fraction of sp³-hybridized carbons (Fsp3) is 0.286. The normalized spacial score (nSPS) is 11.2. The summed E-state index contributed by atoms with van der Waals surface area (Å²) in [6.45, 7) is -0.651. The van der Waals surface area contributed by atoms with E-state index in [9.17, 15) is 14.4 Å². The van der Waals surface area contributed by atoms with Gasteiger partial charge < -0.3 is 20.1 Å². The topological polar surface area (TPSA) is 93.7 Å². The second-order valence-electron chi connectivity index (χ2n) is 6.03. The summed E-state index contributed by atoms with van der Waals surface area (Å²) in [4.78, 5) is 36.4. The van der Waals surface area contributed by atoms with Crippen molar-refractivity contribution in [3.05, 3.63) is 60.7 Å². The second kappa shape index (κ2) is 12.5. The molecule has 1 atom stereocenters. The smallest absolute Gasteiger partial charge is 0.329 e. The lowest BCUT2D eigenvalue weighted by atomic mass is 10.2. The Morgan fingerprint density at radius 1 is 0.931 bits per heavy atom. The minimum atomic E-state index is -0.848. The van der Waals surface area contributed by atoms with E-state index in [1.54, 1.807) is 60.3 Å². The Bertz CT molecular complexity index is 786. The van der Waals surface area contributed by atoms with Crippen LogP contribution >= 0.6 is 11.8 Å². The van der Waals surface area contributed by atoms with E-state index in [4.69, 9.17) is 9.47 Å². The van der Waals surface area contributed by atoms with Crippen LogP contribution in [0.25, 0.3) is 0 Å². The predicted octanol–water partition coefficient (Wildman–Crippen LogP) is 2.49. The summed E-state index contributed by atoms with van der Waals surface area (Å²) in [5.74, 6) is -0.341. The van der Waals surface area contributed by atoms with Gasteiger partial charge in [0.1, 0.15) is 11.8 Å². The summed E-state index contributed by atoms with van der Waals surface area (Å²) in [7, 11) is 0. The number of ether oxygens (including phenoxy) is 2. The van der Waals surface area contributed by atoms with Gasteiger partial charge in [0.2, 0.25) is 0 Å². The zero-order valence-electron chi connectivity index (χ0n) is 16.1. The molecule has 2 aromatic rings. The van der Waals surface area contributed by atoms with E-state index in [0.717, 1.165) is 0 Å². The van der Waals surface area contributed by atoms with Crippen molar-refractivity contribution in [2.45, 2.75) is 12.5 Å². The maximum Gasteiger partial charge on any atom is 0.329 e. The van der Waals surface area contributed by atoms with Crippen LogP contribution in [0.4, 0.5) is 5.69 Å². The van der Waals surface area contributed by atoms with Crippen LogP contribution in [-0.2, 0) is 19.1 Å². The van der Waals surface area contributed by atoms with Gasteiger partial charge in [-0.3, -0.25) is 9.59 Å². The highest BCUT2D eigenvalue weighted by atomic mass is 32.2. The Morgan fingerprint density at radius 3 is 2.24 bits per heavy atom. The standard InChI is InChI=1S/C21H24N2O5S/c1-29-13-12-18(23-20(25)14-27-17-10-6-3-7-11-17)21(26)28-15-19(24)22-16-8-4-2-5-9-16/h2-11,18H,12-15H2,1H3,(H,22,24)(H,23,25)/t18-/m0/s1. The van der Waals surface area contributed by atoms with Crippen molar-refractivity contribution in [1.29, 1.82) is 0 Å². The highest BCUT2D eigenvalue weighted by molar-refractivity contribution is 7.98. The van der Waals surface area contributed by atoms with Crippen LogP contribution in [0.2, 0.25) is 0 Å². The quantitative estimate of drug-likeness (QED) is 0.547. The lowest BCUT2D eigenvalue weighted by Gasteiger charge is -2.17. The molecular formula is C21H24N2O5S. The summed E-state index contributed by atoms with van der Waals surface area (Å²) in [5, 5.41) is 5.24. The van der Waals surface area contributed by atoms with Gasteiger partial charge in [-0.2, -0.15) is 11.8 Å². The molecule has 0 aliphatic carbocycles. The molecule has 0 heterocycles. The van der Waals surface area contributed by atoms with Crippen LogP contribution in [0.1, 0.15) is 6.42 Å². The van der Waals surface area contributed by atoms with Gasteiger partial charge in [0.25, 0.3) is 11.8 Å². The highest BCUT2D eigenvalue weighted by Gasteiger charge is 2.23. The largest absolute Gasteiger partial charge is 0.484 e. The van der Waals surface area contributed by atoms with Gasteiger partial charge in [-0.15, -0.1) is 0 Å². The number of carbonyl (C=O) groups excluding carboxylic acids is 3. The van der Waals surface area contributed by atoms with Gasteiger partial charge >= 0.3 is 5.97 Å². The molecule has 0 saturated heterocycles. The molecule has 2 rings (SSSR count). The Hall–Kier alpha value is -3.00. The minimum Gasteiger partial charge on any atom is -0.484 e. The van der Waals surface area contributed by atoms with Crippen LogP contribution < -0.4 is 15.4 Å². The van der Waals surface area contributed by atoms with Gasteiger partial charge in [-0.1, -0.05) is 36.4 Å². The number of rotatable bonds is 11. The zero-order chi connectivity index (χ0) is 20.9. The summed E-state index contributed by atoms with van der Waals surface area (Å²) in [5.41, 5.74) is 0.610. The summed E-state index contributed by atoms with van der Waals surface area (Å²) >= 11 is 1.54. The first-order valence-electron chi connectivity index (χ1n) is 9.06. The van der Waals surface area contributed by atoms with Gasteiger partial charge in [0.05, 0.1) is 0 Å². The molecule has 2 amide bonds. The van der Waals surface area contributed by atoms with E-state index in [0.29, 0.717) is 23.6 Å². The van der Waals surface area contributed by atoms with Gasteiger partial charge in [0.15, 0.2) is 13.2 Å². The molecule has 0 fully saturated rings. The average Bonchev–Trinajstić information content (AvgIpc) is 2.75. The molecular weight excluding hydrogens is 392 g/mol. The summed E-state index contributed by atoms with van der Waals surface area (Å²) in [6, 6.07) is 16.9. The van der Waals surface area contributed by atoms with Gasteiger partial charge in [0, 0.05) is 5.69 Å². The fourth-order valence-corrected chi connectivity index (χ4v) is 2.81. The Morgan fingerprint density at radius 2 is 1.59 bits per heavy atom. The molecule has 2 N–H and O–H groups in total. The monoisotopic (exact) mass is 416 g/mol. The molecule has 0 saturated carbocycles. The van der Waals surface area contributed by atoms with E-state index in [1.807, 2.05) is 18.4 Å². The number of carbonyl (C=O) groups is 3. The third-order valence-electron chi connectivity index (χ3n) is 3.75. The molecule has 0 bridgehead atoms. The van der Waals surface area contributed by atoms with Crippen LogP contribution in [-0.4, -0.2) is 49.0 Å². The van der Waals surface area contributed by atoms with Crippen LogP contribution in [0.3, 0.4) is 0 Å². The lowest BCUT2D eigenvalue weighted by Crippen LogP contribution is -2.44. The molecule has 0 radical (unpaired) electrons. The lowest BCUT2D eigenvalue weighted by molar-refractivity contribution is -0.150. The first-order valence-corrected chi connectivity index (χ1v) is 10.5. The van der Waals surface area contributed by atoms with Crippen LogP contribution in [0.15, 0.2) is 60.7 Å². The number of nitrogens with one attached hydrogen (secondary N) is 2. The van der Waals surface area contributed by atoms with Crippen molar-refractivity contribution in [3.8, 4) is 5.75 Å². The van der Waals surface area contributed by atoms with Crippen LogP contribution in [0.5, 0.6) is 5.75 Å². The van der Waals surface area contributed by atoms with Crippen molar-refractivity contribution >= 4 is 35.2 Å². The van der Waals surface area contributed by atoms with Crippen LogP contribution in [0, 0.1) is 0 Å². The summed E-state index contributed by atoms with van der Waals surface area (Å²) in [6.07, 6.45) is 2.29. The molecule has 0 aromatic heterocycles. The maximum atomic E-state index is 12.3. The second-order valence-corrected chi connectivity index (χ2v) is 7.01. The number of para-hydroxylation sites is 2. The third kappa shape index (κ3) is 8.69. The molecule has 0 aliphatic rings. The number of thioether (sulfide) groups is 1. The van der Waals surface area contributed by atoms with Gasteiger partial charge in [-0.25, -0.2) is 4.79 Å². The molecule has 7 nitrogen and oxygen atoms in total. The maximum absolute atomic E-state index is 12.3. The van der Waals surface area contributed by atoms with Crippen molar-refractivity contribution < 1.29 is 23.9 Å². The van der Waals surface area contributed by atoms with E-state index in [-0.39, 0.29) is 6.61 Å². The molecule has 2 aromatic carbocycles. The van der Waals surface area contributed by atoms with Crippen molar-refractivity contribution in [2.75, 3.05) is 30.5 Å². The highest BCUT2D eigenvalue weighted by Crippen LogP contribution is 2.09. The Kier molecular flexibility index (Phi) is 9.57. The molecule has 29 heavy (non-hydrogen) atoms. The first kappa shape index (κ1) is 22.3. The number of esters is 1. The predicted molar refractivity (Wildman–Crippen MR) is 113 cm³/mol. The Labute approximate surface area is 174 Å². The molecule has 0 spiro atoms. The third-order valence-corrected chi connectivity index (χ3v) is 4.39. The SMILES string of the molecule is CSCC[C@H](NC(=O)COc1ccccc1)C(=O)OCC(=O)Nc1ccccc1. The Balaban J connectivity index is 1.81. The molecule has 0 aliphatic heterocycles. The zero-order valence-corrected chi connectivity index (χ0v) is 16.9. The number of hydrogen-bond donors (Lipinski definition) is 2. The van der Waals surface area contributed by atoms with Crippen molar-refractivity contribution in [1.82, 2.24) is 5.32 Å². The number of benzene rings is 2. The molecule has 0 unspecified atom stereocenters. The first-order chi connectivity index (χ1) is 14.1. The van der Waals surface area contributed by atoms with E-state index in [2.05, 4.69) is 10.6 Å².